The van der Waals surface area contributed by atoms with Gasteiger partial charge >= 0.3 is 5.97 Å². The Bertz CT molecular complexity index is 874. The summed E-state index contributed by atoms with van der Waals surface area (Å²) < 4.78 is 11.2. The van der Waals surface area contributed by atoms with Crippen molar-refractivity contribution in [3.63, 3.8) is 0 Å². The van der Waals surface area contributed by atoms with Crippen molar-refractivity contribution in [1.82, 2.24) is 4.90 Å². The minimum atomic E-state index is -0.764. The molecule has 2 atom stereocenters. The summed E-state index contributed by atoms with van der Waals surface area (Å²) in [6.07, 6.45) is 1.49. The summed E-state index contributed by atoms with van der Waals surface area (Å²) in [5.41, 5.74) is 1.84. The number of benzene rings is 2. The van der Waals surface area contributed by atoms with E-state index < -0.39 is 11.9 Å². The van der Waals surface area contributed by atoms with Crippen molar-refractivity contribution in [2.24, 2.45) is 5.92 Å². The van der Waals surface area contributed by atoms with Crippen molar-refractivity contribution in [2.75, 3.05) is 26.8 Å². The largest absolute Gasteiger partial charge is 0.493 e. The van der Waals surface area contributed by atoms with Gasteiger partial charge in [-0.25, -0.2) is 0 Å². The standard InChI is InChI=1S/C22H25Cl2NO4/c1-3-29-19-9-6-14(11-20(19)28-2)21(17-8-7-16(23)12-18(17)24)25-10-4-5-15(13-25)22(26)27/h6-9,11-12,15,21H,3-5,10,13H2,1-2H3,(H,26,27). The maximum atomic E-state index is 11.6. The van der Waals surface area contributed by atoms with Crippen LogP contribution in [0.15, 0.2) is 36.4 Å². The number of hydrogen-bond donors (Lipinski definition) is 1. The van der Waals surface area contributed by atoms with Crippen LogP contribution in [-0.2, 0) is 4.79 Å². The lowest BCUT2D eigenvalue weighted by atomic mass is 9.91. The van der Waals surface area contributed by atoms with E-state index in [1.807, 2.05) is 31.2 Å². The first-order valence-corrected chi connectivity index (χ1v) is 10.4. The molecule has 3 rings (SSSR count). The van der Waals surface area contributed by atoms with Crippen LogP contribution >= 0.6 is 23.2 Å². The van der Waals surface area contributed by atoms with Gasteiger partial charge in [0.1, 0.15) is 0 Å². The number of halogens is 2. The summed E-state index contributed by atoms with van der Waals surface area (Å²) in [7, 11) is 1.60. The van der Waals surface area contributed by atoms with Crippen LogP contribution in [0.2, 0.25) is 10.0 Å². The van der Waals surface area contributed by atoms with E-state index >= 15 is 0 Å². The molecule has 156 valence electrons. The Balaban J connectivity index is 2.06. The second-order valence-electron chi connectivity index (χ2n) is 7.08. The van der Waals surface area contributed by atoms with Gasteiger partial charge < -0.3 is 14.6 Å². The molecule has 1 heterocycles. The van der Waals surface area contributed by atoms with Gasteiger partial charge in [0.05, 0.1) is 25.7 Å². The number of carboxylic acids is 1. The van der Waals surface area contributed by atoms with Gasteiger partial charge in [-0.15, -0.1) is 0 Å². The van der Waals surface area contributed by atoms with E-state index in [-0.39, 0.29) is 6.04 Å². The molecule has 0 bridgehead atoms. The highest BCUT2D eigenvalue weighted by atomic mass is 35.5. The van der Waals surface area contributed by atoms with Crippen LogP contribution in [0.3, 0.4) is 0 Å². The van der Waals surface area contributed by atoms with Crippen LogP contribution in [0.25, 0.3) is 0 Å². The van der Waals surface area contributed by atoms with Gasteiger partial charge in [-0.3, -0.25) is 9.69 Å². The maximum absolute atomic E-state index is 11.6. The first kappa shape index (κ1) is 21.8. The molecule has 7 heteroatoms. The lowest BCUT2D eigenvalue weighted by Crippen LogP contribution is -2.41. The summed E-state index contributed by atoms with van der Waals surface area (Å²) in [5.74, 6) is 0.134. The first-order valence-electron chi connectivity index (χ1n) is 9.67. The SMILES string of the molecule is CCOc1ccc(C(c2ccc(Cl)cc2Cl)N2CCCC(C(=O)O)C2)cc1OC. The summed E-state index contributed by atoms with van der Waals surface area (Å²) in [4.78, 5) is 13.8. The van der Waals surface area contributed by atoms with E-state index in [2.05, 4.69) is 4.90 Å². The van der Waals surface area contributed by atoms with Crippen molar-refractivity contribution in [3.05, 3.63) is 57.6 Å². The molecule has 0 saturated carbocycles. The van der Waals surface area contributed by atoms with Crippen LogP contribution in [0, 0.1) is 5.92 Å². The van der Waals surface area contributed by atoms with Gasteiger partial charge in [0.2, 0.25) is 0 Å². The molecule has 0 aliphatic carbocycles. The first-order chi connectivity index (χ1) is 13.9. The summed E-state index contributed by atoms with van der Waals surface area (Å²) in [5, 5.41) is 10.6. The van der Waals surface area contributed by atoms with Crippen LogP contribution < -0.4 is 9.47 Å². The quantitative estimate of drug-likeness (QED) is 0.637. The predicted octanol–water partition coefficient (Wildman–Crippen LogP) is 5.29. The Labute approximate surface area is 181 Å². The van der Waals surface area contributed by atoms with Crippen molar-refractivity contribution in [1.29, 1.82) is 0 Å². The fourth-order valence-corrected chi connectivity index (χ4v) is 4.39. The summed E-state index contributed by atoms with van der Waals surface area (Å²) >= 11 is 12.7. The summed E-state index contributed by atoms with van der Waals surface area (Å²) in [6.45, 7) is 3.69. The topological polar surface area (TPSA) is 59.0 Å². The Hall–Kier alpha value is -1.95. The normalized spacial score (nSPS) is 18.3. The molecule has 0 spiro atoms. The molecule has 0 amide bonds. The Morgan fingerprint density at radius 1 is 1.24 bits per heavy atom. The number of ether oxygens (including phenoxy) is 2. The average Bonchev–Trinajstić information content (AvgIpc) is 2.71. The van der Waals surface area contributed by atoms with Crippen LogP contribution in [-0.4, -0.2) is 42.8 Å². The number of likely N-dealkylation sites (tertiary alicyclic amines) is 1. The third kappa shape index (κ3) is 4.97. The fraction of sp³-hybridized carbons (Fsp3) is 0.409. The lowest BCUT2D eigenvalue weighted by molar-refractivity contribution is -0.143. The Morgan fingerprint density at radius 2 is 2.03 bits per heavy atom. The van der Waals surface area contributed by atoms with Crippen molar-refractivity contribution in [2.45, 2.75) is 25.8 Å². The number of piperidine rings is 1. The third-order valence-electron chi connectivity index (χ3n) is 5.23. The van der Waals surface area contributed by atoms with Gasteiger partial charge in [-0.05, 0) is 61.7 Å². The zero-order valence-corrected chi connectivity index (χ0v) is 18.0. The van der Waals surface area contributed by atoms with E-state index in [0.717, 1.165) is 24.1 Å². The molecule has 1 aliphatic heterocycles. The molecule has 1 N–H and O–H groups in total. The highest BCUT2D eigenvalue weighted by Gasteiger charge is 2.32. The monoisotopic (exact) mass is 437 g/mol. The van der Waals surface area contributed by atoms with Crippen LogP contribution in [0.5, 0.6) is 11.5 Å². The Kier molecular flexibility index (Phi) is 7.28. The van der Waals surface area contributed by atoms with Gasteiger partial charge in [0, 0.05) is 16.6 Å². The van der Waals surface area contributed by atoms with E-state index in [4.69, 9.17) is 32.7 Å². The number of methoxy groups -OCH3 is 1. The third-order valence-corrected chi connectivity index (χ3v) is 5.79. The van der Waals surface area contributed by atoms with Crippen molar-refractivity contribution < 1.29 is 19.4 Å². The lowest BCUT2D eigenvalue weighted by Gasteiger charge is -2.38. The number of rotatable bonds is 7. The molecule has 1 saturated heterocycles. The fourth-order valence-electron chi connectivity index (χ4n) is 3.88. The number of aliphatic carboxylic acids is 1. The number of carbonyl (C=O) groups is 1. The maximum Gasteiger partial charge on any atom is 0.307 e. The number of hydrogen-bond acceptors (Lipinski definition) is 4. The van der Waals surface area contributed by atoms with Gasteiger partial charge in [0.15, 0.2) is 11.5 Å². The minimum absolute atomic E-state index is 0.216. The molecule has 29 heavy (non-hydrogen) atoms. The van der Waals surface area contributed by atoms with Crippen molar-refractivity contribution >= 4 is 29.2 Å². The van der Waals surface area contributed by atoms with Crippen LogP contribution in [0.4, 0.5) is 0 Å². The molecule has 5 nitrogen and oxygen atoms in total. The second kappa shape index (κ2) is 9.70. The molecular formula is C22H25Cl2NO4. The number of carboxylic acid groups (broad SMARTS) is 1. The van der Waals surface area contributed by atoms with E-state index in [9.17, 15) is 9.90 Å². The average molecular weight is 438 g/mol. The molecule has 2 unspecified atom stereocenters. The zero-order valence-electron chi connectivity index (χ0n) is 16.5. The summed E-state index contributed by atoms with van der Waals surface area (Å²) in [6, 6.07) is 11.0. The smallest absolute Gasteiger partial charge is 0.307 e. The van der Waals surface area contributed by atoms with Gasteiger partial charge in [-0.2, -0.15) is 0 Å². The van der Waals surface area contributed by atoms with Crippen LogP contribution in [0.1, 0.15) is 36.9 Å². The van der Waals surface area contributed by atoms with E-state index in [1.54, 1.807) is 19.2 Å². The number of nitrogens with zero attached hydrogens (tertiary/aromatic N) is 1. The van der Waals surface area contributed by atoms with E-state index in [0.29, 0.717) is 41.1 Å². The van der Waals surface area contributed by atoms with Gasteiger partial charge in [-0.1, -0.05) is 35.3 Å². The van der Waals surface area contributed by atoms with E-state index in [1.165, 1.54) is 0 Å². The molecule has 1 aliphatic rings. The zero-order chi connectivity index (χ0) is 21.0. The molecule has 2 aromatic rings. The predicted molar refractivity (Wildman–Crippen MR) is 114 cm³/mol. The molecular weight excluding hydrogens is 413 g/mol. The molecule has 2 aromatic carbocycles. The molecule has 0 radical (unpaired) electrons. The Morgan fingerprint density at radius 3 is 2.69 bits per heavy atom. The van der Waals surface area contributed by atoms with Gasteiger partial charge in [0.25, 0.3) is 0 Å². The highest BCUT2D eigenvalue weighted by molar-refractivity contribution is 6.35. The molecule has 0 aromatic heterocycles. The second-order valence-corrected chi connectivity index (χ2v) is 7.93. The highest BCUT2D eigenvalue weighted by Crippen LogP contribution is 2.40. The molecule has 1 fully saturated rings. The van der Waals surface area contributed by atoms with Crippen molar-refractivity contribution in [3.8, 4) is 11.5 Å². The minimum Gasteiger partial charge on any atom is -0.493 e.